The quantitative estimate of drug-likeness (QED) is 0.653. The summed E-state index contributed by atoms with van der Waals surface area (Å²) in [6, 6.07) is 6.44. The second-order valence-corrected chi connectivity index (χ2v) is 6.97. The summed E-state index contributed by atoms with van der Waals surface area (Å²) in [5.74, 6) is -2.47. The lowest BCUT2D eigenvalue weighted by atomic mass is 9.86. The largest absolute Gasteiger partial charge is 0.467 e. The molecule has 0 fully saturated rings. The van der Waals surface area contributed by atoms with Gasteiger partial charge in [0, 0.05) is 5.69 Å². The fourth-order valence-corrected chi connectivity index (χ4v) is 2.26. The van der Waals surface area contributed by atoms with Crippen molar-refractivity contribution in [2.45, 2.75) is 46.1 Å². The maximum atomic E-state index is 12.2. The molecular weight excluding hydrogens is 308 g/mol. The first-order valence-corrected chi connectivity index (χ1v) is 7.87. The van der Waals surface area contributed by atoms with E-state index in [1.165, 1.54) is 7.11 Å². The number of amides is 2. The maximum Gasteiger partial charge on any atom is 0.328 e. The van der Waals surface area contributed by atoms with Crippen LogP contribution in [-0.4, -0.2) is 30.9 Å². The van der Waals surface area contributed by atoms with Gasteiger partial charge in [0.25, 0.3) is 0 Å². The molecule has 2 amide bonds. The Hall–Kier alpha value is -2.37. The number of carbonyl (C=O) groups excluding carboxylic acids is 3. The number of rotatable bonds is 4. The second kappa shape index (κ2) is 7.95. The van der Waals surface area contributed by atoms with Crippen molar-refractivity contribution in [2.75, 3.05) is 12.4 Å². The highest BCUT2D eigenvalue weighted by atomic mass is 16.5. The molecule has 0 bridgehead atoms. The molecule has 1 aromatic rings. The first-order chi connectivity index (χ1) is 11.1. The molecule has 0 aliphatic carbocycles. The molecule has 2 N–H and O–H groups in total. The number of ether oxygens (including phenoxy) is 1. The van der Waals surface area contributed by atoms with Gasteiger partial charge in [-0.3, -0.25) is 9.59 Å². The van der Waals surface area contributed by atoms with Gasteiger partial charge in [0.1, 0.15) is 6.04 Å². The van der Waals surface area contributed by atoms with E-state index in [-0.39, 0.29) is 11.3 Å². The van der Waals surface area contributed by atoms with Crippen LogP contribution in [0.15, 0.2) is 24.3 Å². The first kappa shape index (κ1) is 19.7. The molecule has 1 aromatic carbocycles. The summed E-state index contributed by atoms with van der Waals surface area (Å²) in [4.78, 5) is 36.0. The Bertz CT molecular complexity index is 618. The monoisotopic (exact) mass is 334 g/mol. The van der Waals surface area contributed by atoms with Gasteiger partial charge in [0.2, 0.25) is 0 Å². The molecule has 0 spiro atoms. The van der Waals surface area contributed by atoms with Gasteiger partial charge < -0.3 is 15.4 Å². The van der Waals surface area contributed by atoms with E-state index in [1.807, 2.05) is 32.9 Å². The zero-order valence-electron chi connectivity index (χ0n) is 15.1. The number of para-hydroxylation sites is 1. The smallest absolute Gasteiger partial charge is 0.328 e. The molecule has 1 atom stereocenters. The molecule has 0 radical (unpaired) electrons. The van der Waals surface area contributed by atoms with Crippen LogP contribution >= 0.6 is 0 Å². The fourth-order valence-electron chi connectivity index (χ4n) is 2.26. The Balaban J connectivity index is 2.89. The predicted molar refractivity (Wildman–Crippen MR) is 92.6 cm³/mol. The third-order valence-electron chi connectivity index (χ3n) is 3.60. The minimum Gasteiger partial charge on any atom is -0.467 e. The van der Waals surface area contributed by atoms with E-state index in [0.29, 0.717) is 5.69 Å². The van der Waals surface area contributed by atoms with Crippen LogP contribution in [0.2, 0.25) is 0 Å². The van der Waals surface area contributed by atoms with Crippen molar-refractivity contribution in [1.29, 1.82) is 0 Å². The van der Waals surface area contributed by atoms with Gasteiger partial charge in [-0.05, 0) is 23.0 Å². The fraction of sp³-hybridized carbons (Fsp3) is 0.500. The molecule has 0 aliphatic heterocycles. The molecule has 0 aliphatic rings. The minimum atomic E-state index is -0.872. The Kier molecular flexibility index (Phi) is 6.51. The predicted octanol–water partition coefficient (Wildman–Crippen LogP) is 2.24. The van der Waals surface area contributed by atoms with Gasteiger partial charge >= 0.3 is 17.8 Å². The summed E-state index contributed by atoms with van der Waals surface area (Å²) in [5, 5.41) is 5.03. The molecular formula is C18H26N2O4. The Morgan fingerprint density at radius 2 is 1.62 bits per heavy atom. The first-order valence-electron chi connectivity index (χ1n) is 7.87. The molecule has 0 saturated heterocycles. The number of esters is 1. The van der Waals surface area contributed by atoms with Crippen molar-refractivity contribution in [3.05, 3.63) is 29.8 Å². The highest BCUT2D eigenvalue weighted by Crippen LogP contribution is 2.29. The number of nitrogens with one attached hydrogen (secondary N) is 2. The van der Waals surface area contributed by atoms with E-state index >= 15 is 0 Å². The molecule has 0 aromatic heterocycles. The summed E-state index contributed by atoms with van der Waals surface area (Å²) in [6.07, 6.45) is 0. The zero-order valence-corrected chi connectivity index (χ0v) is 15.1. The number of hydrogen-bond acceptors (Lipinski definition) is 4. The standard InChI is InChI=1S/C18H26N2O4/c1-11(2)14(17(23)24-6)20-16(22)15(21)19-13-10-8-7-9-12(13)18(3,4)5/h7-11,14H,1-6H3,(H,19,21)(H,20,22)/t14-/m0/s1. The summed E-state index contributed by atoms with van der Waals surface area (Å²) in [5.41, 5.74) is 1.30. The van der Waals surface area contributed by atoms with Crippen molar-refractivity contribution in [2.24, 2.45) is 5.92 Å². The molecule has 0 unspecified atom stereocenters. The highest BCUT2D eigenvalue weighted by Gasteiger charge is 2.28. The summed E-state index contributed by atoms with van der Waals surface area (Å²) in [7, 11) is 1.24. The number of hydrogen-bond donors (Lipinski definition) is 2. The topological polar surface area (TPSA) is 84.5 Å². The molecule has 0 saturated carbocycles. The van der Waals surface area contributed by atoms with E-state index < -0.39 is 23.8 Å². The van der Waals surface area contributed by atoms with Gasteiger partial charge in [0.15, 0.2) is 0 Å². The van der Waals surface area contributed by atoms with E-state index in [1.54, 1.807) is 26.0 Å². The van der Waals surface area contributed by atoms with Crippen molar-refractivity contribution in [3.8, 4) is 0 Å². The van der Waals surface area contributed by atoms with Gasteiger partial charge in [-0.1, -0.05) is 52.8 Å². The minimum absolute atomic E-state index is 0.188. The van der Waals surface area contributed by atoms with Crippen molar-refractivity contribution >= 4 is 23.5 Å². The van der Waals surface area contributed by atoms with E-state index in [2.05, 4.69) is 15.4 Å². The van der Waals surface area contributed by atoms with Gasteiger partial charge in [0.05, 0.1) is 7.11 Å². The summed E-state index contributed by atoms with van der Waals surface area (Å²) in [6.45, 7) is 9.57. The third kappa shape index (κ3) is 5.08. The lowest BCUT2D eigenvalue weighted by Gasteiger charge is -2.23. The van der Waals surface area contributed by atoms with Gasteiger partial charge in [-0.15, -0.1) is 0 Å². The molecule has 6 nitrogen and oxygen atoms in total. The van der Waals surface area contributed by atoms with Crippen LogP contribution in [0, 0.1) is 5.92 Å². The zero-order chi connectivity index (χ0) is 18.5. The van der Waals surface area contributed by atoms with E-state index in [0.717, 1.165) is 5.56 Å². The normalized spacial score (nSPS) is 12.5. The van der Waals surface area contributed by atoms with Gasteiger partial charge in [-0.2, -0.15) is 0 Å². The number of carbonyl (C=O) groups is 3. The lowest BCUT2D eigenvalue weighted by Crippen LogP contribution is -2.48. The van der Waals surface area contributed by atoms with E-state index in [4.69, 9.17) is 0 Å². The molecule has 0 heterocycles. The molecule has 1 rings (SSSR count). The Morgan fingerprint density at radius 1 is 1.04 bits per heavy atom. The molecule has 24 heavy (non-hydrogen) atoms. The van der Waals surface area contributed by atoms with Crippen LogP contribution in [0.5, 0.6) is 0 Å². The van der Waals surface area contributed by atoms with Crippen LogP contribution in [0.4, 0.5) is 5.69 Å². The lowest BCUT2D eigenvalue weighted by molar-refractivity contribution is -0.147. The maximum absolute atomic E-state index is 12.2. The Morgan fingerprint density at radius 3 is 2.12 bits per heavy atom. The SMILES string of the molecule is COC(=O)[C@@H](NC(=O)C(=O)Nc1ccccc1C(C)(C)C)C(C)C. The third-order valence-corrected chi connectivity index (χ3v) is 3.60. The van der Waals surface area contributed by atoms with E-state index in [9.17, 15) is 14.4 Å². The van der Waals surface area contributed by atoms with Crippen LogP contribution in [0.3, 0.4) is 0 Å². The van der Waals surface area contributed by atoms with Crippen molar-refractivity contribution < 1.29 is 19.1 Å². The van der Waals surface area contributed by atoms with Crippen LogP contribution in [-0.2, 0) is 24.5 Å². The van der Waals surface area contributed by atoms with Crippen LogP contribution < -0.4 is 10.6 Å². The number of benzene rings is 1. The number of methoxy groups -OCH3 is 1. The van der Waals surface area contributed by atoms with Crippen LogP contribution in [0.1, 0.15) is 40.2 Å². The molecule has 132 valence electrons. The van der Waals surface area contributed by atoms with Crippen molar-refractivity contribution in [1.82, 2.24) is 5.32 Å². The highest BCUT2D eigenvalue weighted by molar-refractivity contribution is 6.40. The Labute approximate surface area is 143 Å². The summed E-state index contributed by atoms with van der Waals surface area (Å²) >= 11 is 0. The average molecular weight is 334 g/mol. The van der Waals surface area contributed by atoms with Crippen molar-refractivity contribution in [3.63, 3.8) is 0 Å². The van der Waals surface area contributed by atoms with Crippen LogP contribution in [0.25, 0.3) is 0 Å². The summed E-state index contributed by atoms with van der Waals surface area (Å²) < 4.78 is 4.65. The second-order valence-electron chi connectivity index (χ2n) is 6.97. The molecule has 6 heteroatoms. The number of anilines is 1. The average Bonchev–Trinajstić information content (AvgIpc) is 2.50. The van der Waals surface area contributed by atoms with Gasteiger partial charge in [-0.25, -0.2) is 4.79 Å².